The van der Waals surface area contributed by atoms with Crippen LogP contribution in [0, 0.1) is 19.8 Å². The molecule has 0 saturated carbocycles. The number of nitrogens with one attached hydrogen (secondary N) is 1. The molecule has 20 heavy (non-hydrogen) atoms. The SMILES string of the molecule is Cc1nn(C[C@H](C)C(=O)NC[C@H]2CCCO2)c(C)c1Br. The van der Waals surface area contributed by atoms with Crippen molar-refractivity contribution in [3.8, 4) is 0 Å². The first kappa shape index (κ1) is 15.5. The summed E-state index contributed by atoms with van der Waals surface area (Å²) in [6, 6.07) is 0. The summed E-state index contributed by atoms with van der Waals surface area (Å²) in [5.41, 5.74) is 2.01. The van der Waals surface area contributed by atoms with E-state index in [-0.39, 0.29) is 17.9 Å². The van der Waals surface area contributed by atoms with Gasteiger partial charge < -0.3 is 10.1 Å². The van der Waals surface area contributed by atoms with Gasteiger partial charge in [0.2, 0.25) is 5.91 Å². The fraction of sp³-hybridized carbons (Fsp3) is 0.714. The second kappa shape index (κ2) is 6.72. The molecule has 2 atom stereocenters. The number of hydrogen-bond acceptors (Lipinski definition) is 3. The van der Waals surface area contributed by atoms with Gasteiger partial charge in [0.05, 0.1) is 28.7 Å². The molecule has 1 aliphatic rings. The smallest absolute Gasteiger partial charge is 0.224 e. The van der Waals surface area contributed by atoms with Gasteiger partial charge in [0.15, 0.2) is 0 Å². The van der Waals surface area contributed by atoms with Gasteiger partial charge in [-0.15, -0.1) is 0 Å². The van der Waals surface area contributed by atoms with Crippen LogP contribution in [0.15, 0.2) is 4.47 Å². The highest BCUT2D eigenvalue weighted by Crippen LogP contribution is 2.20. The van der Waals surface area contributed by atoms with Crippen LogP contribution >= 0.6 is 15.9 Å². The van der Waals surface area contributed by atoms with E-state index < -0.39 is 0 Å². The Bertz CT molecular complexity index is 481. The van der Waals surface area contributed by atoms with E-state index in [1.165, 1.54) is 0 Å². The number of aryl methyl sites for hydroxylation is 1. The van der Waals surface area contributed by atoms with Gasteiger partial charge in [-0.2, -0.15) is 5.10 Å². The number of hydrogen-bond donors (Lipinski definition) is 1. The Balaban J connectivity index is 1.85. The molecule has 0 radical (unpaired) electrons. The van der Waals surface area contributed by atoms with Gasteiger partial charge in [-0.25, -0.2) is 0 Å². The first-order valence-corrected chi connectivity index (χ1v) is 7.87. The minimum Gasteiger partial charge on any atom is -0.376 e. The highest BCUT2D eigenvalue weighted by Gasteiger charge is 2.20. The molecule has 0 aromatic carbocycles. The van der Waals surface area contributed by atoms with Crippen LogP contribution in [0.25, 0.3) is 0 Å². The van der Waals surface area contributed by atoms with E-state index in [0.29, 0.717) is 13.1 Å². The minimum atomic E-state index is -0.110. The zero-order valence-corrected chi connectivity index (χ0v) is 13.9. The number of nitrogens with zero attached hydrogens (tertiary/aromatic N) is 2. The Labute approximate surface area is 128 Å². The Morgan fingerprint density at radius 2 is 2.35 bits per heavy atom. The van der Waals surface area contributed by atoms with Crippen LogP contribution in [0.1, 0.15) is 31.2 Å². The Morgan fingerprint density at radius 3 is 2.90 bits per heavy atom. The van der Waals surface area contributed by atoms with Crippen LogP contribution in [-0.4, -0.2) is 34.9 Å². The van der Waals surface area contributed by atoms with Crippen molar-refractivity contribution in [2.45, 2.75) is 46.3 Å². The van der Waals surface area contributed by atoms with Crippen molar-refractivity contribution in [3.05, 3.63) is 15.9 Å². The van der Waals surface area contributed by atoms with Crippen LogP contribution < -0.4 is 5.32 Å². The van der Waals surface area contributed by atoms with Crippen molar-refractivity contribution in [2.75, 3.05) is 13.2 Å². The van der Waals surface area contributed by atoms with Crippen LogP contribution in [0.2, 0.25) is 0 Å². The lowest BCUT2D eigenvalue weighted by molar-refractivity contribution is -0.125. The third kappa shape index (κ3) is 3.61. The molecular formula is C14H22BrN3O2. The molecule has 0 unspecified atom stereocenters. The van der Waals surface area contributed by atoms with Crippen molar-refractivity contribution >= 4 is 21.8 Å². The molecule has 112 valence electrons. The van der Waals surface area contributed by atoms with Gasteiger partial charge in [0.25, 0.3) is 0 Å². The average Bonchev–Trinajstić information content (AvgIpc) is 3.02. The standard InChI is InChI=1S/C14H22BrN3O2/c1-9(8-18-11(3)13(15)10(2)17-18)14(19)16-7-12-5-4-6-20-12/h9,12H,4-8H2,1-3H3,(H,16,19)/t9-,12+/m0/s1. The average molecular weight is 344 g/mol. The molecule has 5 nitrogen and oxygen atoms in total. The summed E-state index contributed by atoms with van der Waals surface area (Å²) in [5, 5.41) is 7.40. The molecule has 1 aliphatic heterocycles. The molecule has 2 rings (SSSR count). The Morgan fingerprint density at radius 1 is 1.60 bits per heavy atom. The summed E-state index contributed by atoms with van der Waals surface area (Å²) in [6.07, 6.45) is 2.32. The lowest BCUT2D eigenvalue weighted by Gasteiger charge is -2.15. The van der Waals surface area contributed by atoms with Crippen LogP contribution in [-0.2, 0) is 16.1 Å². The molecule has 0 spiro atoms. The third-order valence-electron chi connectivity index (χ3n) is 3.72. The summed E-state index contributed by atoms with van der Waals surface area (Å²) in [6.45, 7) is 7.90. The van der Waals surface area contributed by atoms with E-state index in [9.17, 15) is 4.79 Å². The molecule has 1 aromatic rings. The second-order valence-corrected chi connectivity index (χ2v) is 6.24. The van der Waals surface area contributed by atoms with Crippen molar-refractivity contribution in [3.63, 3.8) is 0 Å². The third-order valence-corrected chi connectivity index (χ3v) is 4.86. The van der Waals surface area contributed by atoms with E-state index in [1.807, 2.05) is 25.5 Å². The quantitative estimate of drug-likeness (QED) is 0.891. The maximum atomic E-state index is 12.1. The van der Waals surface area contributed by atoms with Crippen molar-refractivity contribution in [1.29, 1.82) is 0 Å². The number of carbonyl (C=O) groups excluding carboxylic acids is 1. The topological polar surface area (TPSA) is 56.2 Å². The molecule has 1 N–H and O–H groups in total. The Kier molecular flexibility index (Phi) is 5.21. The highest BCUT2D eigenvalue weighted by atomic mass is 79.9. The van der Waals surface area contributed by atoms with Gasteiger partial charge in [0, 0.05) is 18.8 Å². The number of halogens is 1. The van der Waals surface area contributed by atoms with Crippen molar-refractivity contribution in [1.82, 2.24) is 15.1 Å². The summed E-state index contributed by atoms with van der Waals surface area (Å²) >= 11 is 3.50. The minimum absolute atomic E-state index is 0.0594. The maximum absolute atomic E-state index is 12.1. The zero-order valence-electron chi connectivity index (χ0n) is 12.3. The van der Waals surface area contributed by atoms with E-state index in [2.05, 4.69) is 26.3 Å². The van der Waals surface area contributed by atoms with Crippen molar-refractivity contribution in [2.24, 2.45) is 5.92 Å². The lowest BCUT2D eigenvalue weighted by atomic mass is 10.1. The second-order valence-electron chi connectivity index (χ2n) is 5.45. The molecular weight excluding hydrogens is 322 g/mol. The predicted molar refractivity (Wildman–Crippen MR) is 80.5 cm³/mol. The Hall–Kier alpha value is -0.880. The summed E-state index contributed by atoms with van der Waals surface area (Å²) in [4.78, 5) is 12.1. The number of rotatable bonds is 5. The number of ether oxygens (including phenoxy) is 1. The van der Waals surface area contributed by atoms with Gasteiger partial charge in [-0.1, -0.05) is 6.92 Å². The van der Waals surface area contributed by atoms with Gasteiger partial charge >= 0.3 is 0 Å². The van der Waals surface area contributed by atoms with E-state index >= 15 is 0 Å². The lowest BCUT2D eigenvalue weighted by Crippen LogP contribution is -2.36. The molecule has 1 amide bonds. The zero-order chi connectivity index (χ0) is 14.7. The monoisotopic (exact) mass is 343 g/mol. The van der Waals surface area contributed by atoms with Crippen molar-refractivity contribution < 1.29 is 9.53 Å². The first-order chi connectivity index (χ1) is 9.49. The summed E-state index contributed by atoms with van der Waals surface area (Å²) < 4.78 is 8.40. The summed E-state index contributed by atoms with van der Waals surface area (Å²) in [5.74, 6) is -0.0505. The molecule has 2 heterocycles. The van der Waals surface area contributed by atoms with Crippen LogP contribution in [0.4, 0.5) is 0 Å². The normalized spacial score (nSPS) is 20.1. The number of amides is 1. The van der Waals surface area contributed by atoms with E-state index in [4.69, 9.17) is 4.74 Å². The van der Waals surface area contributed by atoms with Crippen LogP contribution in [0.5, 0.6) is 0 Å². The fourth-order valence-electron chi connectivity index (χ4n) is 2.39. The molecule has 1 aromatic heterocycles. The van der Waals surface area contributed by atoms with Gasteiger partial charge in [-0.3, -0.25) is 9.48 Å². The summed E-state index contributed by atoms with van der Waals surface area (Å²) in [7, 11) is 0. The van der Waals surface area contributed by atoms with E-state index in [0.717, 1.165) is 35.3 Å². The molecule has 1 fully saturated rings. The fourth-order valence-corrected chi connectivity index (χ4v) is 2.67. The molecule has 0 bridgehead atoms. The number of carbonyl (C=O) groups is 1. The molecule has 0 aliphatic carbocycles. The highest BCUT2D eigenvalue weighted by molar-refractivity contribution is 9.10. The largest absolute Gasteiger partial charge is 0.376 e. The van der Waals surface area contributed by atoms with Gasteiger partial charge in [0.1, 0.15) is 0 Å². The molecule has 1 saturated heterocycles. The molecule has 6 heteroatoms. The van der Waals surface area contributed by atoms with Crippen LogP contribution in [0.3, 0.4) is 0 Å². The predicted octanol–water partition coefficient (Wildman–Crippen LogP) is 2.19. The number of aromatic nitrogens is 2. The van der Waals surface area contributed by atoms with E-state index in [1.54, 1.807) is 0 Å². The maximum Gasteiger partial charge on any atom is 0.224 e. The van der Waals surface area contributed by atoms with Gasteiger partial charge in [-0.05, 0) is 42.6 Å². The first-order valence-electron chi connectivity index (χ1n) is 7.08.